The fourth-order valence-corrected chi connectivity index (χ4v) is 3.85. The van der Waals surface area contributed by atoms with E-state index in [1.165, 1.54) is 42.6 Å². The molecule has 1 amide bonds. The molecule has 0 atom stereocenters. The van der Waals surface area contributed by atoms with Crippen molar-refractivity contribution < 1.29 is 27.9 Å². The summed E-state index contributed by atoms with van der Waals surface area (Å²) in [5.41, 5.74) is 3.14. The summed E-state index contributed by atoms with van der Waals surface area (Å²) in [6.45, 7) is -0.525. The molecule has 0 aliphatic carbocycles. The summed E-state index contributed by atoms with van der Waals surface area (Å²) in [5, 5.41) is 13.1. The van der Waals surface area contributed by atoms with Gasteiger partial charge in [0.05, 0.1) is 11.1 Å². The predicted octanol–water partition coefficient (Wildman–Crippen LogP) is 3.37. The number of benzene rings is 3. The van der Waals surface area contributed by atoms with Gasteiger partial charge in [-0.1, -0.05) is 29.8 Å². The minimum absolute atomic E-state index is 0.0709. The van der Waals surface area contributed by atoms with Gasteiger partial charge in [0.25, 0.3) is 15.9 Å². The number of anilines is 1. The number of aliphatic carboxylic acids is 1. The molecule has 0 radical (unpaired) electrons. The van der Waals surface area contributed by atoms with Crippen LogP contribution in [0.5, 0.6) is 5.75 Å². The zero-order chi connectivity index (χ0) is 23.8. The molecular formula is C22H18ClN3O6S. The van der Waals surface area contributed by atoms with Crippen LogP contribution in [0.2, 0.25) is 5.02 Å². The summed E-state index contributed by atoms with van der Waals surface area (Å²) in [6.07, 6.45) is 1.29. The number of carbonyl (C=O) groups excluding carboxylic acids is 1. The Morgan fingerprint density at radius 2 is 1.76 bits per heavy atom. The molecule has 11 heteroatoms. The van der Waals surface area contributed by atoms with Crippen LogP contribution in [0.4, 0.5) is 5.69 Å². The molecule has 3 rings (SSSR count). The summed E-state index contributed by atoms with van der Waals surface area (Å²) >= 11 is 5.81. The van der Waals surface area contributed by atoms with E-state index in [0.29, 0.717) is 16.3 Å². The van der Waals surface area contributed by atoms with Crippen LogP contribution in [0.3, 0.4) is 0 Å². The van der Waals surface area contributed by atoms with E-state index < -0.39 is 28.5 Å². The maximum Gasteiger partial charge on any atom is 0.341 e. The second-order valence-electron chi connectivity index (χ2n) is 6.56. The monoisotopic (exact) mass is 487 g/mol. The molecule has 0 saturated heterocycles. The summed E-state index contributed by atoms with van der Waals surface area (Å²) in [5.74, 6) is -1.49. The van der Waals surface area contributed by atoms with Crippen LogP contribution in [0.25, 0.3) is 0 Å². The third-order valence-corrected chi connectivity index (χ3v) is 5.77. The van der Waals surface area contributed by atoms with Gasteiger partial charge in [0, 0.05) is 21.8 Å². The van der Waals surface area contributed by atoms with Gasteiger partial charge < -0.3 is 9.84 Å². The Hall–Kier alpha value is -3.89. The number of carboxylic acids is 1. The average Bonchev–Trinajstić information content (AvgIpc) is 2.80. The summed E-state index contributed by atoms with van der Waals surface area (Å²) in [7, 11) is -3.94. The first-order valence-corrected chi connectivity index (χ1v) is 11.3. The molecule has 0 aromatic heterocycles. The molecular weight excluding hydrogens is 470 g/mol. The highest BCUT2D eigenvalue weighted by atomic mass is 35.5. The molecule has 3 aromatic carbocycles. The van der Waals surface area contributed by atoms with Crippen molar-refractivity contribution in [3.8, 4) is 5.75 Å². The number of para-hydroxylation sites is 1. The van der Waals surface area contributed by atoms with Crippen LogP contribution in [-0.4, -0.2) is 38.2 Å². The van der Waals surface area contributed by atoms with Crippen LogP contribution in [0.15, 0.2) is 82.8 Å². The first-order valence-electron chi connectivity index (χ1n) is 9.40. The first kappa shape index (κ1) is 23.8. The number of carbonyl (C=O) groups is 2. The van der Waals surface area contributed by atoms with E-state index >= 15 is 0 Å². The first-order chi connectivity index (χ1) is 15.7. The Kier molecular flexibility index (Phi) is 7.65. The van der Waals surface area contributed by atoms with Gasteiger partial charge >= 0.3 is 5.97 Å². The molecule has 33 heavy (non-hydrogen) atoms. The lowest BCUT2D eigenvalue weighted by Crippen LogP contribution is -2.19. The summed E-state index contributed by atoms with van der Waals surface area (Å²) in [4.78, 5) is 23.0. The molecule has 0 unspecified atom stereocenters. The van der Waals surface area contributed by atoms with Crippen molar-refractivity contribution in [3.05, 3.63) is 88.9 Å². The van der Waals surface area contributed by atoms with Gasteiger partial charge in [-0.3, -0.25) is 9.52 Å². The zero-order valence-corrected chi connectivity index (χ0v) is 18.5. The average molecular weight is 488 g/mol. The van der Waals surface area contributed by atoms with Gasteiger partial charge in [0.15, 0.2) is 6.61 Å². The highest BCUT2D eigenvalue weighted by Gasteiger charge is 2.16. The van der Waals surface area contributed by atoms with Crippen molar-refractivity contribution in [2.24, 2.45) is 5.10 Å². The number of hydrogen-bond donors (Lipinski definition) is 3. The molecule has 0 heterocycles. The molecule has 0 aliphatic heterocycles. The normalized spacial score (nSPS) is 11.2. The standard InChI is InChI=1S/C22H18ClN3O6S/c23-17-8-10-18(11-9-17)26-33(30,31)19-6-3-5-15(12-19)22(29)25-24-13-16-4-1-2-7-20(16)32-14-21(27)28/h1-13,26H,14H2,(H,25,29)(H,27,28)/b24-13-. The number of ether oxygens (including phenoxy) is 1. The molecule has 0 saturated carbocycles. The third-order valence-electron chi connectivity index (χ3n) is 4.14. The van der Waals surface area contributed by atoms with Gasteiger partial charge in [-0.2, -0.15) is 5.10 Å². The lowest BCUT2D eigenvalue weighted by molar-refractivity contribution is -0.139. The fraction of sp³-hybridized carbons (Fsp3) is 0.0455. The van der Waals surface area contributed by atoms with Crippen molar-refractivity contribution >= 4 is 45.4 Å². The van der Waals surface area contributed by atoms with Crippen LogP contribution in [-0.2, 0) is 14.8 Å². The molecule has 3 N–H and O–H groups in total. The molecule has 0 aliphatic rings. The van der Waals surface area contributed by atoms with E-state index in [1.807, 2.05) is 0 Å². The molecule has 0 bridgehead atoms. The number of carboxylic acid groups (broad SMARTS) is 1. The summed E-state index contributed by atoms with van der Waals surface area (Å²) in [6, 6.07) is 18.1. The predicted molar refractivity (Wildman–Crippen MR) is 123 cm³/mol. The Balaban J connectivity index is 1.70. The molecule has 3 aromatic rings. The second-order valence-corrected chi connectivity index (χ2v) is 8.68. The molecule has 0 fully saturated rings. The van der Waals surface area contributed by atoms with E-state index in [4.69, 9.17) is 21.4 Å². The van der Waals surface area contributed by atoms with E-state index in [-0.39, 0.29) is 16.2 Å². The van der Waals surface area contributed by atoms with Crippen molar-refractivity contribution in [1.29, 1.82) is 0 Å². The number of hydrogen-bond acceptors (Lipinski definition) is 6. The second kappa shape index (κ2) is 10.6. The number of nitrogens with one attached hydrogen (secondary N) is 2. The number of sulfonamides is 1. The quantitative estimate of drug-likeness (QED) is 0.313. The number of halogens is 1. The maximum atomic E-state index is 12.6. The van der Waals surface area contributed by atoms with Gasteiger partial charge in [0.1, 0.15) is 5.75 Å². The van der Waals surface area contributed by atoms with Gasteiger partial charge in [-0.15, -0.1) is 0 Å². The SMILES string of the molecule is O=C(O)COc1ccccc1/C=N\NC(=O)c1cccc(S(=O)(=O)Nc2ccc(Cl)cc2)c1. The van der Waals surface area contributed by atoms with Crippen LogP contribution in [0.1, 0.15) is 15.9 Å². The Bertz CT molecular complexity index is 1290. The molecule has 170 valence electrons. The Labute approximate surface area is 194 Å². The summed E-state index contributed by atoms with van der Waals surface area (Å²) < 4.78 is 32.9. The Morgan fingerprint density at radius 1 is 1.03 bits per heavy atom. The van der Waals surface area contributed by atoms with Crippen LogP contribution >= 0.6 is 11.6 Å². The third kappa shape index (κ3) is 6.79. The maximum absolute atomic E-state index is 12.6. The van der Waals surface area contributed by atoms with Crippen molar-refractivity contribution in [1.82, 2.24) is 5.43 Å². The fourth-order valence-electron chi connectivity index (χ4n) is 2.62. The van der Waals surface area contributed by atoms with Gasteiger partial charge in [-0.05, 0) is 54.6 Å². The largest absolute Gasteiger partial charge is 0.481 e. The van der Waals surface area contributed by atoms with Crippen LogP contribution < -0.4 is 14.9 Å². The van der Waals surface area contributed by atoms with Gasteiger partial charge in [0.2, 0.25) is 0 Å². The van der Waals surface area contributed by atoms with Gasteiger partial charge in [-0.25, -0.2) is 18.6 Å². The zero-order valence-electron chi connectivity index (χ0n) is 16.9. The highest BCUT2D eigenvalue weighted by Crippen LogP contribution is 2.19. The van der Waals surface area contributed by atoms with E-state index in [1.54, 1.807) is 36.4 Å². The lowest BCUT2D eigenvalue weighted by atomic mass is 10.2. The minimum Gasteiger partial charge on any atom is -0.481 e. The smallest absolute Gasteiger partial charge is 0.341 e. The number of hydrazone groups is 1. The minimum atomic E-state index is -3.94. The Morgan fingerprint density at radius 3 is 2.48 bits per heavy atom. The van der Waals surface area contributed by atoms with Crippen LogP contribution in [0, 0.1) is 0 Å². The van der Waals surface area contributed by atoms with E-state index in [0.717, 1.165) is 0 Å². The van der Waals surface area contributed by atoms with E-state index in [2.05, 4.69) is 15.2 Å². The molecule has 0 spiro atoms. The number of rotatable bonds is 9. The molecule has 9 nitrogen and oxygen atoms in total. The van der Waals surface area contributed by atoms with Crippen molar-refractivity contribution in [3.63, 3.8) is 0 Å². The number of amides is 1. The topological polar surface area (TPSA) is 134 Å². The highest BCUT2D eigenvalue weighted by molar-refractivity contribution is 7.92. The van der Waals surface area contributed by atoms with E-state index in [9.17, 15) is 18.0 Å². The van der Waals surface area contributed by atoms with Crippen molar-refractivity contribution in [2.75, 3.05) is 11.3 Å². The van der Waals surface area contributed by atoms with Crippen molar-refractivity contribution in [2.45, 2.75) is 4.90 Å². The number of nitrogens with zero attached hydrogens (tertiary/aromatic N) is 1. The lowest BCUT2D eigenvalue weighted by Gasteiger charge is -2.09.